The molecule has 2 aromatic rings. The van der Waals surface area contributed by atoms with Crippen LogP contribution in [0.2, 0.25) is 0 Å². The summed E-state index contributed by atoms with van der Waals surface area (Å²) in [6.07, 6.45) is 1.80. The van der Waals surface area contributed by atoms with Gasteiger partial charge in [-0.2, -0.15) is 0 Å². The van der Waals surface area contributed by atoms with Crippen LogP contribution >= 0.6 is 0 Å². The first-order valence-electron chi connectivity index (χ1n) is 9.29. The zero-order chi connectivity index (χ0) is 20.7. The van der Waals surface area contributed by atoms with E-state index >= 15 is 0 Å². The summed E-state index contributed by atoms with van der Waals surface area (Å²) in [5.74, 6) is 0.438. The van der Waals surface area contributed by atoms with Crippen LogP contribution in [-0.2, 0) is 14.8 Å². The molecule has 2 rings (SSSR count). The van der Waals surface area contributed by atoms with E-state index < -0.39 is 10.0 Å². The van der Waals surface area contributed by atoms with E-state index in [1.807, 2.05) is 45.0 Å². The molecule has 0 saturated carbocycles. The van der Waals surface area contributed by atoms with Crippen molar-refractivity contribution in [3.63, 3.8) is 0 Å². The lowest BCUT2D eigenvalue weighted by Crippen LogP contribution is -2.32. The van der Waals surface area contributed by atoms with Gasteiger partial charge in [0, 0.05) is 13.0 Å². The van der Waals surface area contributed by atoms with Crippen molar-refractivity contribution in [2.45, 2.75) is 33.6 Å². The van der Waals surface area contributed by atoms with Crippen LogP contribution in [0.25, 0.3) is 0 Å². The molecule has 1 N–H and O–H groups in total. The van der Waals surface area contributed by atoms with Crippen molar-refractivity contribution < 1.29 is 17.9 Å². The normalized spacial score (nSPS) is 11.1. The molecule has 0 atom stereocenters. The van der Waals surface area contributed by atoms with Crippen LogP contribution in [0.5, 0.6) is 5.75 Å². The molecule has 0 spiro atoms. The molecule has 1 amide bonds. The molecule has 0 aromatic heterocycles. The molecular formula is C21H28N2O4S. The summed E-state index contributed by atoms with van der Waals surface area (Å²) in [5, 5.41) is 2.84. The second-order valence-electron chi connectivity index (χ2n) is 6.64. The molecule has 0 aliphatic heterocycles. The van der Waals surface area contributed by atoms with Crippen molar-refractivity contribution >= 4 is 27.3 Å². The molecule has 6 nitrogen and oxygen atoms in total. The molecule has 28 heavy (non-hydrogen) atoms. The summed E-state index contributed by atoms with van der Waals surface area (Å²) in [4.78, 5) is 12.3. The van der Waals surface area contributed by atoms with Crippen molar-refractivity contribution in [3.05, 3.63) is 53.6 Å². The Balaban J connectivity index is 2.03. The molecule has 0 fully saturated rings. The Labute approximate surface area is 167 Å². The number of benzene rings is 2. The molecule has 0 bridgehead atoms. The highest BCUT2D eigenvalue weighted by molar-refractivity contribution is 7.92. The third-order valence-corrected chi connectivity index (χ3v) is 5.65. The number of aryl methyl sites for hydroxylation is 1. The van der Waals surface area contributed by atoms with E-state index in [1.165, 1.54) is 10.6 Å². The lowest BCUT2D eigenvalue weighted by Gasteiger charge is -2.25. The van der Waals surface area contributed by atoms with Crippen molar-refractivity contribution in [2.75, 3.05) is 29.0 Å². The number of carbonyl (C=O) groups excluding carboxylic acids is 1. The Kier molecular flexibility index (Phi) is 7.45. The van der Waals surface area contributed by atoms with Crippen LogP contribution < -0.4 is 14.4 Å². The number of carbonyl (C=O) groups is 1. The van der Waals surface area contributed by atoms with E-state index in [0.717, 1.165) is 11.1 Å². The van der Waals surface area contributed by atoms with Gasteiger partial charge < -0.3 is 10.1 Å². The van der Waals surface area contributed by atoms with E-state index in [4.69, 9.17) is 4.74 Å². The molecule has 0 unspecified atom stereocenters. The Morgan fingerprint density at radius 3 is 2.50 bits per heavy atom. The minimum Gasteiger partial charge on any atom is -0.492 e. The molecule has 2 aromatic carbocycles. The number of nitrogens with zero attached hydrogens (tertiary/aromatic N) is 1. The molecule has 0 aliphatic carbocycles. The van der Waals surface area contributed by atoms with Gasteiger partial charge in [-0.15, -0.1) is 0 Å². The fourth-order valence-corrected chi connectivity index (χ4v) is 3.93. The largest absolute Gasteiger partial charge is 0.492 e. The number of para-hydroxylation sites is 2. The van der Waals surface area contributed by atoms with Gasteiger partial charge in [0.25, 0.3) is 0 Å². The van der Waals surface area contributed by atoms with Crippen LogP contribution in [0.4, 0.5) is 11.4 Å². The maximum Gasteiger partial charge on any atom is 0.232 e. The molecule has 0 radical (unpaired) electrons. The first-order chi connectivity index (χ1) is 13.2. The lowest BCUT2D eigenvalue weighted by atomic mass is 10.1. The number of amides is 1. The maximum atomic E-state index is 12.3. The Morgan fingerprint density at radius 2 is 1.82 bits per heavy atom. The standard InChI is InChI=1S/C21H28N2O4S/c1-5-27-20-13-7-6-11-18(20)22-21(24)14-9-15-23(28(4,25)26)19-12-8-10-16(2)17(19)3/h6-8,10-13H,5,9,14-15H2,1-4H3,(H,22,24). The highest BCUT2D eigenvalue weighted by Crippen LogP contribution is 2.26. The number of anilines is 2. The van der Waals surface area contributed by atoms with Crippen molar-refractivity contribution in [2.24, 2.45) is 0 Å². The van der Waals surface area contributed by atoms with E-state index in [0.29, 0.717) is 30.2 Å². The van der Waals surface area contributed by atoms with Gasteiger partial charge in [-0.05, 0) is 56.5 Å². The number of sulfonamides is 1. The molecule has 0 aliphatic rings. The fourth-order valence-electron chi connectivity index (χ4n) is 2.92. The fraction of sp³-hybridized carbons (Fsp3) is 0.381. The average Bonchev–Trinajstić information content (AvgIpc) is 2.62. The summed E-state index contributed by atoms with van der Waals surface area (Å²) >= 11 is 0. The van der Waals surface area contributed by atoms with Crippen LogP contribution in [0.15, 0.2) is 42.5 Å². The minimum absolute atomic E-state index is 0.179. The molecule has 152 valence electrons. The number of ether oxygens (including phenoxy) is 1. The maximum absolute atomic E-state index is 12.3. The first kappa shape index (κ1) is 21.8. The quantitative estimate of drug-likeness (QED) is 0.688. The Morgan fingerprint density at radius 1 is 1.11 bits per heavy atom. The van der Waals surface area contributed by atoms with E-state index in [2.05, 4.69) is 5.32 Å². The van der Waals surface area contributed by atoms with Crippen LogP contribution in [0.3, 0.4) is 0 Å². The summed E-state index contributed by atoms with van der Waals surface area (Å²) in [5.41, 5.74) is 3.22. The van der Waals surface area contributed by atoms with Gasteiger partial charge in [0.15, 0.2) is 0 Å². The summed E-state index contributed by atoms with van der Waals surface area (Å²) < 4.78 is 31.5. The third-order valence-electron chi connectivity index (χ3n) is 4.47. The highest BCUT2D eigenvalue weighted by Gasteiger charge is 2.20. The topological polar surface area (TPSA) is 75.7 Å². The van der Waals surface area contributed by atoms with Gasteiger partial charge in [0.1, 0.15) is 5.75 Å². The summed E-state index contributed by atoms with van der Waals surface area (Å²) in [6, 6.07) is 12.8. The SMILES string of the molecule is CCOc1ccccc1NC(=O)CCCN(c1cccc(C)c1C)S(C)(=O)=O. The monoisotopic (exact) mass is 404 g/mol. The van der Waals surface area contributed by atoms with Gasteiger partial charge in [0.05, 0.1) is 24.2 Å². The van der Waals surface area contributed by atoms with Gasteiger partial charge in [-0.1, -0.05) is 24.3 Å². The minimum atomic E-state index is -3.45. The number of nitrogens with one attached hydrogen (secondary N) is 1. The van der Waals surface area contributed by atoms with Gasteiger partial charge in [-0.3, -0.25) is 9.10 Å². The summed E-state index contributed by atoms with van der Waals surface area (Å²) in [6.45, 7) is 6.48. The highest BCUT2D eigenvalue weighted by atomic mass is 32.2. The number of hydrogen-bond acceptors (Lipinski definition) is 4. The first-order valence-corrected chi connectivity index (χ1v) is 11.1. The van der Waals surface area contributed by atoms with Crippen molar-refractivity contribution in [3.8, 4) is 5.75 Å². The smallest absolute Gasteiger partial charge is 0.232 e. The average molecular weight is 405 g/mol. The van der Waals surface area contributed by atoms with E-state index in [-0.39, 0.29) is 18.9 Å². The van der Waals surface area contributed by atoms with Crippen molar-refractivity contribution in [1.29, 1.82) is 0 Å². The number of hydrogen-bond donors (Lipinski definition) is 1. The van der Waals surface area contributed by atoms with Gasteiger partial charge in [0.2, 0.25) is 15.9 Å². The Hall–Kier alpha value is -2.54. The van der Waals surface area contributed by atoms with E-state index in [9.17, 15) is 13.2 Å². The third kappa shape index (κ3) is 5.73. The zero-order valence-corrected chi connectivity index (χ0v) is 17.7. The van der Waals surface area contributed by atoms with Crippen LogP contribution in [0, 0.1) is 13.8 Å². The molecule has 0 saturated heterocycles. The summed E-state index contributed by atoms with van der Waals surface area (Å²) in [7, 11) is -3.45. The second-order valence-corrected chi connectivity index (χ2v) is 8.54. The van der Waals surface area contributed by atoms with Crippen molar-refractivity contribution in [1.82, 2.24) is 0 Å². The molecule has 7 heteroatoms. The van der Waals surface area contributed by atoms with E-state index in [1.54, 1.807) is 18.2 Å². The molecular weight excluding hydrogens is 376 g/mol. The number of rotatable bonds is 9. The zero-order valence-electron chi connectivity index (χ0n) is 16.9. The van der Waals surface area contributed by atoms with Gasteiger partial charge in [-0.25, -0.2) is 8.42 Å². The predicted molar refractivity (Wildman–Crippen MR) is 114 cm³/mol. The second kappa shape index (κ2) is 9.59. The Bertz CT molecular complexity index is 926. The lowest BCUT2D eigenvalue weighted by molar-refractivity contribution is -0.116. The van der Waals surface area contributed by atoms with Gasteiger partial charge >= 0.3 is 0 Å². The van der Waals surface area contributed by atoms with Crippen LogP contribution in [0.1, 0.15) is 30.9 Å². The predicted octanol–water partition coefficient (Wildman–Crippen LogP) is 3.89. The van der Waals surface area contributed by atoms with Crippen LogP contribution in [-0.4, -0.2) is 33.7 Å². The molecule has 0 heterocycles.